The number of nitrogens with zero attached hydrogens (tertiary/aromatic N) is 1. The van der Waals surface area contributed by atoms with Crippen molar-refractivity contribution >= 4 is 27.7 Å². The van der Waals surface area contributed by atoms with Gasteiger partial charge in [-0.2, -0.15) is 0 Å². The summed E-state index contributed by atoms with van der Waals surface area (Å²) in [5, 5.41) is 2.51. The van der Waals surface area contributed by atoms with Crippen LogP contribution in [0.1, 0.15) is 59.9 Å². The van der Waals surface area contributed by atoms with E-state index in [9.17, 15) is 0 Å². The Morgan fingerprint density at radius 1 is 0.596 bits per heavy atom. The molecule has 274 valence electrons. The van der Waals surface area contributed by atoms with E-state index in [1.807, 2.05) is 0 Å². The van der Waals surface area contributed by atoms with Crippen molar-refractivity contribution in [1.29, 1.82) is 0 Å². The molecule has 0 spiro atoms. The topological polar surface area (TPSA) is 12.5 Å². The number of hydrogen-bond acceptors (Lipinski definition) is 2. The first-order chi connectivity index (χ1) is 28.0. The maximum atomic E-state index is 7.19. The molecule has 0 saturated carbocycles. The number of benzene rings is 7. The summed E-state index contributed by atoms with van der Waals surface area (Å²) < 4.78 is 7.19. The molecule has 0 N–H and O–H groups in total. The Morgan fingerprint density at radius 2 is 1.30 bits per heavy atom. The van der Waals surface area contributed by atoms with E-state index < -0.39 is 0 Å². The molecule has 0 bridgehead atoms. The molecule has 4 aliphatic rings. The Balaban J connectivity index is 1.00. The molecule has 3 unspecified atom stereocenters. The molecule has 1 aliphatic heterocycles. The summed E-state index contributed by atoms with van der Waals surface area (Å²) in [7, 11) is 0. The lowest BCUT2D eigenvalue weighted by Crippen LogP contribution is -2.32. The average molecular weight is 734 g/mol. The zero-order chi connectivity index (χ0) is 38.1. The zero-order valence-electron chi connectivity index (χ0n) is 32.3. The quantitative estimate of drug-likeness (QED) is 0.169. The highest BCUT2D eigenvalue weighted by molar-refractivity contribution is 6.01. The SMILES string of the molecule is CC1(C)c2ccccc2-c2ccc(N(C3=CC=CC4c5c(cc(-c6ccccc6)c6ccccc56)OC34)c3ccc(C4=CCC(c5ccccc5)C=C4)cc3)cc21. The minimum absolute atomic E-state index is 0.0710. The van der Waals surface area contributed by atoms with E-state index in [-0.39, 0.29) is 17.4 Å². The summed E-state index contributed by atoms with van der Waals surface area (Å²) in [5.41, 5.74) is 16.2. The Labute approximate surface area is 335 Å². The number of allylic oxidation sites excluding steroid dienone is 6. The van der Waals surface area contributed by atoms with Crippen molar-refractivity contribution < 1.29 is 4.74 Å². The van der Waals surface area contributed by atoms with Gasteiger partial charge in [-0.25, -0.2) is 0 Å². The standard InChI is InChI=1S/C55H43NO/c1-55(2)49-22-12-11-19-44(49)45-33-32-42(34-50(45)55)56(41-30-28-39(29-31-41)38-26-24-37(25-27-38)36-14-5-3-6-15-36)51-23-13-21-47-53-46-20-10-9-18-43(46)48(35-52(53)57-54(47)51)40-16-7-4-8-17-40/h3-24,26-35,37,47,54H,25H2,1-2H3. The van der Waals surface area contributed by atoms with Gasteiger partial charge in [0.25, 0.3) is 0 Å². The minimum Gasteiger partial charge on any atom is -0.483 e. The Kier molecular flexibility index (Phi) is 7.83. The third-order valence-electron chi connectivity index (χ3n) is 12.8. The second-order valence-corrected chi connectivity index (χ2v) is 16.3. The van der Waals surface area contributed by atoms with E-state index in [0.717, 1.165) is 29.2 Å². The molecular weight excluding hydrogens is 691 g/mol. The summed E-state index contributed by atoms with van der Waals surface area (Å²) in [6.45, 7) is 4.72. The van der Waals surface area contributed by atoms with Crippen LogP contribution >= 0.6 is 0 Å². The molecule has 0 saturated heterocycles. The molecule has 2 nitrogen and oxygen atoms in total. The molecule has 7 aromatic rings. The smallest absolute Gasteiger partial charge is 0.149 e. The van der Waals surface area contributed by atoms with Crippen molar-refractivity contribution in [3.05, 3.63) is 228 Å². The van der Waals surface area contributed by atoms with Crippen molar-refractivity contribution in [1.82, 2.24) is 0 Å². The van der Waals surface area contributed by atoms with Crippen molar-refractivity contribution in [3.63, 3.8) is 0 Å². The summed E-state index contributed by atoms with van der Waals surface area (Å²) >= 11 is 0. The lowest BCUT2D eigenvalue weighted by molar-refractivity contribution is 0.253. The molecule has 0 aromatic heterocycles. The predicted octanol–water partition coefficient (Wildman–Crippen LogP) is 14.1. The van der Waals surface area contributed by atoms with Crippen molar-refractivity contribution in [2.24, 2.45) is 0 Å². The summed E-state index contributed by atoms with van der Waals surface area (Å²) in [6, 6.07) is 57.7. The van der Waals surface area contributed by atoms with Gasteiger partial charge in [-0.3, -0.25) is 0 Å². The van der Waals surface area contributed by atoms with Crippen molar-refractivity contribution in [2.75, 3.05) is 4.90 Å². The molecule has 3 aliphatic carbocycles. The second kappa shape index (κ2) is 13.2. The van der Waals surface area contributed by atoms with Gasteiger partial charge in [0.1, 0.15) is 11.9 Å². The van der Waals surface area contributed by atoms with Crippen molar-refractivity contribution in [2.45, 2.75) is 43.6 Å². The molecule has 0 amide bonds. The number of ether oxygens (including phenoxy) is 1. The average Bonchev–Trinajstić information content (AvgIpc) is 3.77. The molecule has 0 radical (unpaired) electrons. The van der Waals surface area contributed by atoms with Crippen LogP contribution in [-0.2, 0) is 5.41 Å². The Morgan fingerprint density at radius 3 is 2.09 bits per heavy atom. The van der Waals surface area contributed by atoms with E-state index in [1.54, 1.807) is 0 Å². The third kappa shape index (κ3) is 5.46. The van der Waals surface area contributed by atoms with Crippen LogP contribution < -0.4 is 9.64 Å². The second-order valence-electron chi connectivity index (χ2n) is 16.3. The van der Waals surface area contributed by atoms with E-state index in [0.29, 0.717) is 5.92 Å². The Hall–Kier alpha value is -6.64. The zero-order valence-corrected chi connectivity index (χ0v) is 32.3. The summed E-state index contributed by atoms with van der Waals surface area (Å²) in [5.74, 6) is 1.45. The maximum Gasteiger partial charge on any atom is 0.149 e. The molecular formula is C55H43NO. The van der Waals surface area contributed by atoms with E-state index in [4.69, 9.17) is 4.74 Å². The predicted molar refractivity (Wildman–Crippen MR) is 237 cm³/mol. The highest BCUT2D eigenvalue weighted by Gasteiger charge is 2.42. The summed E-state index contributed by atoms with van der Waals surface area (Å²) in [6.07, 6.45) is 14.7. The highest BCUT2D eigenvalue weighted by Crippen LogP contribution is 2.53. The van der Waals surface area contributed by atoms with Crippen LogP contribution in [0.2, 0.25) is 0 Å². The first-order valence-corrected chi connectivity index (χ1v) is 20.3. The van der Waals surface area contributed by atoms with Gasteiger partial charge < -0.3 is 9.64 Å². The fraction of sp³-hybridized carbons (Fsp3) is 0.127. The number of hydrogen-bond donors (Lipinski definition) is 0. The monoisotopic (exact) mass is 733 g/mol. The lowest BCUT2D eigenvalue weighted by atomic mass is 9.82. The molecule has 2 heteroatoms. The fourth-order valence-electron chi connectivity index (χ4n) is 9.91. The van der Waals surface area contributed by atoms with Gasteiger partial charge in [0.05, 0.1) is 5.70 Å². The van der Waals surface area contributed by atoms with Gasteiger partial charge in [0, 0.05) is 34.2 Å². The molecule has 1 heterocycles. The highest BCUT2D eigenvalue weighted by atomic mass is 16.5. The van der Waals surface area contributed by atoms with Crippen LogP contribution in [0.5, 0.6) is 5.75 Å². The largest absolute Gasteiger partial charge is 0.483 e. The molecule has 7 aromatic carbocycles. The van der Waals surface area contributed by atoms with Gasteiger partial charge in [0.2, 0.25) is 0 Å². The van der Waals surface area contributed by atoms with Crippen molar-refractivity contribution in [3.8, 4) is 28.0 Å². The number of rotatable bonds is 6. The molecule has 57 heavy (non-hydrogen) atoms. The molecule has 3 atom stereocenters. The van der Waals surface area contributed by atoms with E-state index in [1.165, 1.54) is 66.4 Å². The van der Waals surface area contributed by atoms with E-state index >= 15 is 0 Å². The summed E-state index contributed by atoms with van der Waals surface area (Å²) in [4.78, 5) is 2.45. The molecule has 0 fully saturated rings. The number of anilines is 2. The van der Waals surface area contributed by atoms with Crippen LogP contribution in [0, 0.1) is 0 Å². The van der Waals surface area contributed by atoms with Crippen LogP contribution in [0.15, 0.2) is 200 Å². The van der Waals surface area contributed by atoms with Gasteiger partial charge in [-0.1, -0.05) is 172 Å². The van der Waals surface area contributed by atoms with Gasteiger partial charge in [0.15, 0.2) is 0 Å². The third-order valence-corrected chi connectivity index (χ3v) is 12.8. The first-order valence-electron chi connectivity index (χ1n) is 20.3. The fourth-order valence-corrected chi connectivity index (χ4v) is 9.91. The van der Waals surface area contributed by atoms with Gasteiger partial charge >= 0.3 is 0 Å². The van der Waals surface area contributed by atoms with Crippen LogP contribution in [0.3, 0.4) is 0 Å². The minimum atomic E-state index is -0.198. The molecule has 11 rings (SSSR count). The normalized spacial score (nSPS) is 19.5. The lowest BCUT2D eigenvalue weighted by Gasteiger charge is -2.35. The van der Waals surface area contributed by atoms with Crippen LogP contribution in [-0.4, -0.2) is 6.10 Å². The van der Waals surface area contributed by atoms with E-state index in [2.05, 4.69) is 213 Å². The van der Waals surface area contributed by atoms with Gasteiger partial charge in [-0.15, -0.1) is 0 Å². The van der Waals surface area contributed by atoms with Crippen LogP contribution in [0.4, 0.5) is 11.4 Å². The first kappa shape index (κ1) is 33.7. The van der Waals surface area contributed by atoms with Gasteiger partial charge in [-0.05, 0) is 104 Å². The maximum absolute atomic E-state index is 7.19. The van der Waals surface area contributed by atoms with Crippen LogP contribution in [0.25, 0.3) is 38.6 Å². The Bertz CT molecular complexity index is 2820. The number of fused-ring (bicyclic) bond motifs is 8.